The van der Waals surface area contributed by atoms with E-state index < -0.39 is 0 Å². The quantitative estimate of drug-likeness (QED) is 0.593. The van der Waals surface area contributed by atoms with Gasteiger partial charge in [0, 0.05) is 11.4 Å². The summed E-state index contributed by atoms with van der Waals surface area (Å²) in [6.45, 7) is 1.94. The number of hydrogen-bond donors (Lipinski definition) is 2. The minimum Gasteiger partial charge on any atom is -0.307 e. The summed E-state index contributed by atoms with van der Waals surface area (Å²) in [5.41, 5.74) is 4.26. The molecule has 0 bridgehead atoms. The lowest BCUT2D eigenvalue weighted by Gasteiger charge is -2.04. The predicted molar refractivity (Wildman–Crippen MR) is 64.4 cm³/mol. The van der Waals surface area contributed by atoms with Crippen molar-refractivity contribution in [1.29, 1.82) is 0 Å². The first-order valence-electron chi connectivity index (χ1n) is 5.42. The van der Waals surface area contributed by atoms with Gasteiger partial charge in [-0.25, -0.2) is 10.2 Å². The summed E-state index contributed by atoms with van der Waals surface area (Å²) >= 11 is 0. The molecule has 0 aromatic heterocycles. The number of hydrazone groups is 1. The van der Waals surface area contributed by atoms with Gasteiger partial charge in [0.15, 0.2) is 0 Å². The maximum atomic E-state index is 11.4. The Labute approximate surface area is 94.7 Å². The molecule has 2 rings (SSSR count). The second kappa shape index (κ2) is 4.79. The molecule has 0 heterocycles. The van der Waals surface area contributed by atoms with Crippen LogP contribution in [0.15, 0.2) is 35.4 Å². The first-order valence-corrected chi connectivity index (χ1v) is 5.42. The van der Waals surface area contributed by atoms with Gasteiger partial charge in [-0.15, -0.1) is 0 Å². The smallest absolute Gasteiger partial charge is 0.307 e. The Morgan fingerprint density at radius 3 is 2.62 bits per heavy atom. The van der Waals surface area contributed by atoms with Gasteiger partial charge in [0.1, 0.15) is 0 Å². The fourth-order valence-corrected chi connectivity index (χ4v) is 1.41. The van der Waals surface area contributed by atoms with E-state index in [0.29, 0.717) is 5.92 Å². The van der Waals surface area contributed by atoms with E-state index >= 15 is 0 Å². The van der Waals surface area contributed by atoms with Crippen LogP contribution in [0.3, 0.4) is 0 Å². The number of rotatable bonds is 3. The summed E-state index contributed by atoms with van der Waals surface area (Å²) in [7, 11) is 0. The maximum Gasteiger partial charge on any atom is 0.339 e. The van der Waals surface area contributed by atoms with Gasteiger partial charge in [0.05, 0.1) is 0 Å². The molecule has 1 fully saturated rings. The minimum absolute atomic E-state index is 0.300. The van der Waals surface area contributed by atoms with Crippen molar-refractivity contribution in [3.05, 3.63) is 30.3 Å². The van der Waals surface area contributed by atoms with Gasteiger partial charge in [-0.1, -0.05) is 18.2 Å². The van der Waals surface area contributed by atoms with Crippen LogP contribution in [0, 0.1) is 5.92 Å². The molecule has 4 heteroatoms. The fraction of sp³-hybridized carbons (Fsp3) is 0.333. The zero-order valence-electron chi connectivity index (χ0n) is 9.23. The summed E-state index contributed by atoms with van der Waals surface area (Å²) in [6.07, 6.45) is 2.38. The van der Waals surface area contributed by atoms with Crippen molar-refractivity contribution < 1.29 is 4.79 Å². The van der Waals surface area contributed by atoms with Gasteiger partial charge in [0.25, 0.3) is 0 Å². The number of hydrogen-bond acceptors (Lipinski definition) is 2. The molecule has 1 saturated carbocycles. The van der Waals surface area contributed by atoms with Crippen molar-refractivity contribution in [2.45, 2.75) is 19.8 Å². The monoisotopic (exact) mass is 217 g/mol. The molecule has 2 amide bonds. The van der Waals surface area contributed by atoms with Crippen molar-refractivity contribution >= 4 is 17.4 Å². The molecule has 1 aromatic carbocycles. The molecule has 84 valence electrons. The first-order chi connectivity index (χ1) is 7.75. The first kappa shape index (κ1) is 10.7. The lowest BCUT2D eigenvalue weighted by Crippen LogP contribution is -2.25. The molecule has 1 aliphatic rings. The molecular weight excluding hydrogens is 202 g/mol. The molecule has 0 radical (unpaired) electrons. The summed E-state index contributed by atoms with van der Waals surface area (Å²) in [4.78, 5) is 11.4. The molecule has 0 saturated heterocycles. The molecule has 0 atom stereocenters. The summed E-state index contributed by atoms with van der Waals surface area (Å²) in [6, 6.07) is 9.00. The van der Waals surface area contributed by atoms with Crippen molar-refractivity contribution in [2.24, 2.45) is 11.0 Å². The Morgan fingerprint density at radius 2 is 2.00 bits per heavy atom. The molecule has 16 heavy (non-hydrogen) atoms. The lowest BCUT2D eigenvalue weighted by atomic mass is 10.3. The largest absolute Gasteiger partial charge is 0.339 e. The van der Waals surface area contributed by atoms with Crippen LogP contribution in [0.1, 0.15) is 19.8 Å². The average Bonchev–Trinajstić information content (AvgIpc) is 3.11. The highest BCUT2D eigenvalue weighted by molar-refractivity contribution is 5.91. The van der Waals surface area contributed by atoms with Crippen LogP contribution in [0.5, 0.6) is 0 Å². The van der Waals surface area contributed by atoms with Gasteiger partial charge in [-0.2, -0.15) is 5.10 Å². The van der Waals surface area contributed by atoms with E-state index in [1.807, 2.05) is 37.3 Å². The molecule has 1 aliphatic carbocycles. The Kier molecular flexibility index (Phi) is 3.19. The third-order valence-electron chi connectivity index (χ3n) is 2.53. The van der Waals surface area contributed by atoms with E-state index in [-0.39, 0.29) is 6.03 Å². The van der Waals surface area contributed by atoms with Gasteiger partial charge in [-0.05, 0) is 37.8 Å². The topological polar surface area (TPSA) is 53.5 Å². The van der Waals surface area contributed by atoms with Crippen LogP contribution < -0.4 is 10.7 Å². The zero-order valence-corrected chi connectivity index (χ0v) is 9.23. The normalized spacial score (nSPS) is 15.7. The second-order valence-corrected chi connectivity index (χ2v) is 3.96. The van der Waals surface area contributed by atoms with Gasteiger partial charge in [-0.3, -0.25) is 0 Å². The third kappa shape index (κ3) is 3.08. The van der Waals surface area contributed by atoms with Crippen LogP contribution >= 0.6 is 0 Å². The number of anilines is 1. The van der Waals surface area contributed by atoms with Gasteiger partial charge in [0.2, 0.25) is 0 Å². The zero-order chi connectivity index (χ0) is 11.4. The maximum absolute atomic E-state index is 11.4. The summed E-state index contributed by atoms with van der Waals surface area (Å²) in [5, 5.41) is 6.74. The molecule has 1 aromatic rings. The van der Waals surface area contributed by atoms with Crippen LogP contribution in [0.25, 0.3) is 0 Å². The number of nitrogens with zero attached hydrogens (tertiary/aromatic N) is 1. The molecule has 0 aliphatic heterocycles. The van der Waals surface area contributed by atoms with E-state index in [1.165, 1.54) is 12.8 Å². The number of para-hydroxylation sites is 1. The summed E-state index contributed by atoms with van der Waals surface area (Å²) in [5.74, 6) is 0.581. The lowest BCUT2D eigenvalue weighted by molar-refractivity contribution is 0.252. The van der Waals surface area contributed by atoms with E-state index in [4.69, 9.17) is 0 Å². The van der Waals surface area contributed by atoms with Crippen molar-refractivity contribution in [3.8, 4) is 0 Å². The molecule has 0 unspecified atom stereocenters. The van der Waals surface area contributed by atoms with Crippen LogP contribution in [-0.2, 0) is 0 Å². The predicted octanol–water partition coefficient (Wildman–Crippen LogP) is 2.59. The van der Waals surface area contributed by atoms with E-state index in [1.54, 1.807) is 0 Å². The van der Waals surface area contributed by atoms with E-state index in [9.17, 15) is 4.79 Å². The second-order valence-electron chi connectivity index (χ2n) is 3.96. The molecule has 0 spiro atoms. The number of benzene rings is 1. The highest BCUT2D eigenvalue weighted by Gasteiger charge is 2.24. The Bertz CT molecular complexity index is 396. The van der Waals surface area contributed by atoms with Crippen molar-refractivity contribution in [2.75, 3.05) is 5.32 Å². The minimum atomic E-state index is -0.300. The average molecular weight is 217 g/mol. The SMILES string of the molecule is C/C(=N\NC(=O)Nc1ccccc1)C1CC1. The van der Waals surface area contributed by atoms with E-state index in [2.05, 4.69) is 15.8 Å². The molecular formula is C12H15N3O. The Morgan fingerprint density at radius 1 is 1.31 bits per heavy atom. The number of carbonyl (C=O) groups excluding carboxylic acids is 1. The number of carbonyl (C=O) groups is 1. The van der Waals surface area contributed by atoms with Crippen molar-refractivity contribution in [3.63, 3.8) is 0 Å². The van der Waals surface area contributed by atoms with Crippen LogP contribution in [-0.4, -0.2) is 11.7 Å². The molecule has 2 N–H and O–H groups in total. The highest BCUT2D eigenvalue weighted by atomic mass is 16.2. The third-order valence-corrected chi connectivity index (χ3v) is 2.53. The summed E-state index contributed by atoms with van der Waals surface area (Å²) < 4.78 is 0. The van der Waals surface area contributed by atoms with Crippen molar-refractivity contribution in [1.82, 2.24) is 5.43 Å². The standard InChI is InChI=1S/C12H15N3O/c1-9(10-7-8-10)14-15-12(16)13-11-5-3-2-4-6-11/h2-6,10H,7-8H2,1H3,(H2,13,15,16)/b14-9+. The Balaban J connectivity index is 1.82. The molecule has 4 nitrogen and oxygen atoms in total. The number of urea groups is 1. The Hall–Kier alpha value is -1.84. The van der Waals surface area contributed by atoms with Gasteiger partial charge < -0.3 is 5.32 Å². The number of amides is 2. The fourth-order valence-electron chi connectivity index (χ4n) is 1.41. The highest BCUT2D eigenvalue weighted by Crippen LogP contribution is 2.30. The van der Waals surface area contributed by atoms with Crippen LogP contribution in [0.2, 0.25) is 0 Å². The number of nitrogens with one attached hydrogen (secondary N) is 2. The van der Waals surface area contributed by atoms with Crippen LogP contribution in [0.4, 0.5) is 10.5 Å². The van der Waals surface area contributed by atoms with E-state index in [0.717, 1.165) is 11.4 Å². The van der Waals surface area contributed by atoms with Gasteiger partial charge >= 0.3 is 6.03 Å².